The van der Waals surface area contributed by atoms with E-state index in [0.717, 1.165) is 50.7 Å². The monoisotopic (exact) mass is 275 g/mol. The number of morpholine rings is 1. The van der Waals surface area contributed by atoms with Crippen LogP contribution >= 0.6 is 0 Å². The lowest BCUT2D eigenvalue weighted by atomic mass is 10.1. The zero-order valence-electron chi connectivity index (χ0n) is 11.8. The van der Waals surface area contributed by atoms with Gasteiger partial charge in [-0.05, 0) is 12.5 Å². The standard InChI is InChI=1S/C15H21N3O2/c1-12-2-4-13(5-3-12)15-16-14(20-17-15)6-7-18-8-10-19-11-9-18/h2-5,15,17H,6-11H2,1H3/t15-/m0/s1. The summed E-state index contributed by atoms with van der Waals surface area (Å²) in [5.74, 6) is 0.794. The molecule has 1 saturated heterocycles. The van der Waals surface area contributed by atoms with Crippen molar-refractivity contribution in [1.29, 1.82) is 0 Å². The summed E-state index contributed by atoms with van der Waals surface area (Å²) in [6.07, 6.45) is 0.769. The smallest absolute Gasteiger partial charge is 0.212 e. The lowest BCUT2D eigenvalue weighted by Gasteiger charge is -2.26. The van der Waals surface area contributed by atoms with Crippen molar-refractivity contribution in [2.24, 2.45) is 4.99 Å². The second-order valence-electron chi connectivity index (χ2n) is 5.26. The summed E-state index contributed by atoms with van der Waals surface area (Å²) in [7, 11) is 0. The molecule has 0 radical (unpaired) electrons. The highest BCUT2D eigenvalue weighted by molar-refractivity contribution is 5.77. The van der Waals surface area contributed by atoms with Crippen LogP contribution in [0, 0.1) is 6.92 Å². The summed E-state index contributed by atoms with van der Waals surface area (Å²) in [4.78, 5) is 12.5. The van der Waals surface area contributed by atoms with Crippen LogP contribution in [-0.2, 0) is 9.57 Å². The second kappa shape index (κ2) is 6.35. The van der Waals surface area contributed by atoms with E-state index in [2.05, 4.69) is 46.6 Å². The van der Waals surface area contributed by atoms with E-state index in [0.29, 0.717) is 0 Å². The molecule has 3 rings (SSSR count). The molecule has 1 N–H and O–H groups in total. The molecule has 0 saturated carbocycles. The number of benzene rings is 1. The van der Waals surface area contributed by atoms with E-state index >= 15 is 0 Å². The zero-order chi connectivity index (χ0) is 13.8. The lowest BCUT2D eigenvalue weighted by Crippen LogP contribution is -2.37. The van der Waals surface area contributed by atoms with Crippen LogP contribution in [0.2, 0.25) is 0 Å². The number of aryl methyl sites for hydroxylation is 1. The molecular formula is C15H21N3O2. The van der Waals surface area contributed by atoms with Gasteiger partial charge in [-0.2, -0.15) is 0 Å². The number of hydrogen-bond donors (Lipinski definition) is 1. The number of ether oxygens (including phenoxy) is 1. The topological polar surface area (TPSA) is 46.1 Å². The van der Waals surface area contributed by atoms with Crippen LogP contribution < -0.4 is 5.48 Å². The van der Waals surface area contributed by atoms with Gasteiger partial charge in [0.05, 0.1) is 13.2 Å². The molecule has 0 amide bonds. The molecule has 108 valence electrons. The quantitative estimate of drug-likeness (QED) is 0.907. The van der Waals surface area contributed by atoms with Crippen molar-refractivity contribution in [1.82, 2.24) is 10.4 Å². The fourth-order valence-electron chi connectivity index (χ4n) is 2.41. The van der Waals surface area contributed by atoms with Gasteiger partial charge in [0, 0.05) is 26.1 Å². The van der Waals surface area contributed by atoms with Gasteiger partial charge in [-0.25, -0.2) is 4.99 Å². The Bertz CT molecular complexity index is 467. The van der Waals surface area contributed by atoms with E-state index in [1.807, 2.05) is 0 Å². The van der Waals surface area contributed by atoms with Gasteiger partial charge in [0.15, 0.2) is 6.17 Å². The first-order valence-electron chi connectivity index (χ1n) is 7.17. The Hall–Kier alpha value is -1.43. The van der Waals surface area contributed by atoms with Gasteiger partial charge < -0.3 is 9.57 Å². The molecule has 0 spiro atoms. The van der Waals surface area contributed by atoms with Gasteiger partial charge in [-0.3, -0.25) is 4.90 Å². The summed E-state index contributed by atoms with van der Waals surface area (Å²) in [5, 5.41) is 0. The molecule has 1 aromatic rings. The third-order valence-corrected chi connectivity index (χ3v) is 3.70. The van der Waals surface area contributed by atoms with Crippen molar-refractivity contribution >= 4 is 5.90 Å². The van der Waals surface area contributed by atoms with Crippen molar-refractivity contribution < 1.29 is 9.57 Å². The van der Waals surface area contributed by atoms with Gasteiger partial charge in [0.1, 0.15) is 0 Å². The van der Waals surface area contributed by atoms with E-state index in [1.54, 1.807) is 0 Å². The third kappa shape index (κ3) is 3.36. The van der Waals surface area contributed by atoms with E-state index in [9.17, 15) is 0 Å². The number of aliphatic imine (C=N–C) groups is 1. The van der Waals surface area contributed by atoms with Crippen molar-refractivity contribution in [2.45, 2.75) is 19.5 Å². The first-order valence-corrected chi connectivity index (χ1v) is 7.17. The molecule has 5 nitrogen and oxygen atoms in total. The predicted molar refractivity (Wildman–Crippen MR) is 77.5 cm³/mol. The molecule has 0 aromatic heterocycles. The second-order valence-corrected chi connectivity index (χ2v) is 5.26. The molecule has 2 aliphatic heterocycles. The average Bonchev–Trinajstić information content (AvgIpc) is 2.96. The van der Waals surface area contributed by atoms with Crippen LogP contribution in [-0.4, -0.2) is 43.6 Å². The first-order chi connectivity index (χ1) is 9.81. The highest BCUT2D eigenvalue weighted by atomic mass is 16.7. The molecule has 1 fully saturated rings. The van der Waals surface area contributed by atoms with Gasteiger partial charge in [0.2, 0.25) is 5.90 Å². The fraction of sp³-hybridized carbons (Fsp3) is 0.533. The van der Waals surface area contributed by atoms with Gasteiger partial charge in [-0.15, -0.1) is 5.48 Å². The number of hydrogen-bond acceptors (Lipinski definition) is 5. The summed E-state index contributed by atoms with van der Waals surface area (Å²) in [6.45, 7) is 6.73. The summed E-state index contributed by atoms with van der Waals surface area (Å²) < 4.78 is 5.34. The van der Waals surface area contributed by atoms with Crippen LogP contribution in [0.5, 0.6) is 0 Å². The Morgan fingerprint density at radius 1 is 1.25 bits per heavy atom. The maximum atomic E-state index is 5.48. The molecule has 1 aromatic carbocycles. The molecule has 5 heteroatoms. The summed E-state index contributed by atoms with van der Waals surface area (Å²) in [5.41, 5.74) is 5.37. The van der Waals surface area contributed by atoms with E-state index in [-0.39, 0.29) is 6.17 Å². The van der Waals surface area contributed by atoms with Gasteiger partial charge in [0.25, 0.3) is 0 Å². The maximum Gasteiger partial charge on any atom is 0.212 e. The first kappa shape index (κ1) is 13.5. The highest BCUT2D eigenvalue weighted by Crippen LogP contribution is 2.20. The molecular weight excluding hydrogens is 254 g/mol. The molecule has 0 bridgehead atoms. The van der Waals surface area contributed by atoms with Crippen molar-refractivity contribution in [3.63, 3.8) is 0 Å². The molecule has 2 aliphatic rings. The number of nitrogens with one attached hydrogen (secondary N) is 1. The maximum absolute atomic E-state index is 5.48. The van der Waals surface area contributed by atoms with Crippen LogP contribution in [0.4, 0.5) is 0 Å². The van der Waals surface area contributed by atoms with Crippen LogP contribution in [0.15, 0.2) is 29.3 Å². The van der Waals surface area contributed by atoms with Crippen LogP contribution in [0.1, 0.15) is 23.7 Å². The Kier molecular flexibility index (Phi) is 4.30. The summed E-state index contributed by atoms with van der Waals surface area (Å²) >= 11 is 0. The van der Waals surface area contributed by atoms with Gasteiger partial charge in [-0.1, -0.05) is 29.8 Å². The minimum Gasteiger partial charge on any atom is -0.391 e. The number of hydroxylamine groups is 1. The van der Waals surface area contributed by atoms with Crippen LogP contribution in [0.25, 0.3) is 0 Å². The number of nitrogens with zero attached hydrogens (tertiary/aromatic N) is 2. The molecule has 2 heterocycles. The fourth-order valence-corrected chi connectivity index (χ4v) is 2.41. The lowest BCUT2D eigenvalue weighted by molar-refractivity contribution is 0.0383. The molecule has 0 unspecified atom stereocenters. The average molecular weight is 275 g/mol. The van der Waals surface area contributed by atoms with Crippen molar-refractivity contribution in [3.8, 4) is 0 Å². The van der Waals surface area contributed by atoms with E-state index < -0.39 is 0 Å². The Balaban J connectivity index is 1.53. The van der Waals surface area contributed by atoms with Crippen molar-refractivity contribution in [2.75, 3.05) is 32.8 Å². The van der Waals surface area contributed by atoms with Crippen molar-refractivity contribution in [3.05, 3.63) is 35.4 Å². The Labute approximate surface area is 119 Å². The highest BCUT2D eigenvalue weighted by Gasteiger charge is 2.21. The number of rotatable bonds is 4. The third-order valence-electron chi connectivity index (χ3n) is 3.70. The normalized spacial score (nSPS) is 23.4. The van der Waals surface area contributed by atoms with Crippen LogP contribution in [0.3, 0.4) is 0 Å². The molecule has 0 aliphatic carbocycles. The van der Waals surface area contributed by atoms with E-state index in [4.69, 9.17) is 9.57 Å². The molecule has 20 heavy (non-hydrogen) atoms. The zero-order valence-corrected chi connectivity index (χ0v) is 11.8. The predicted octanol–water partition coefficient (Wildman–Crippen LogP) is 1.65. The molecule has 1 atom stereocenters. The SMILES string of the molecule is Cc1ccc([C@H]2N=C(CCN3CCOCC3)ON2)cc1. The summed E-state index contributed by atoms with van der Waals surface area (Å²) in [6, 6.07) is 8.37. The Morgan fingerprint density at radius 2 is 2.00 bits per heavy atom. The largest absolute Gasteiger partial charge is 0.391 e. The van der Waals surface area contributed by atoms with Gasteiger partial charge >= 0.3 is 0 Å². The van der Waals surface area contributed by atoms with E-state index in [1.165, 1.54) is 5.56 Å². The minimum atomic E-state index is -0.0738. The minimum absolute atomic E-state index is 0.0738. The Morgan fingerprint density at radius 3 is 2.75 bits per heavy atom.